The molecule has 0 aliphatic heterocycles. The number of nitrogens with zero attached hydrogens (tertiary/aromatic N) is 1. The molecule has 0 aliphatic rings. The van der Waals surface area contributed by atoms with Gasteiger partial charge in [-0.1, -0.05) is 46.9 Å². The van der Waals surface area contributed by atoms with Crippen LogP contribution in [0.3, 0.4) is 0 Å². The number of hydrogen-bond acceptors (Lipinski definition) is 3. The van der Waals surface area contributed by atoms with E-state index in [2.05, 4.69) is 4.40 Å². The Labute approximate surface area is 141 Å². The molecule has 2 aromatic rings. The maximum Gasteiger partial charge on any atom is 0.144 e. The fraction of sp³-hybridized carbons (Fsp3) is 0.316. The second-order valence-electron chi connectivity index (χ2n) is 6.34. The molecule has 0 radical (unpaired) electrons. The first-order valence-electron chi connectivity index (χ1n) is 7.61. The lowest BCUT2D eigenvalue weighted by molar-refractivity contribution is 0.306. The van der Waals surface area contributed by atoms with E-state index in [4.69, 9.17) is 4.74 Å². The van der Waals surface area contributed by atoms with E-state index in [1.807, 2.05) is 82.3 Å². The average molecular weight is 329 g/mol. The van der Waals surface area contributed by atoms with Crippen LogP contribution in [0.4, 0.5) is 0 Å². The second kappa shape index (κ2) is 7.66. The van der Waals surface area contributed by atoms with Gasteiger partial charge in [-0.3, -0.25) is 0 Å². The summed E-state index contributed by atoms with van der Waals surface area (Å²) in [5.74, 6) is 0.780. The van der Waals surface area contributed by atoms with Crippen LogP contribution in [0.2, 0.25) is 0 Å². The molecule has 0 spiro atoms. The highest BCUT2D eigenvalue weighted by molar-refractivity contribution is 7.91. The fourth-order valence-electron chi connectivity index (χ4n) is 1.87. The molecule has 0 heterocycles. The Morgan fingerprint density at radius 2 is 1.78 bits per heavy atom. The van der Waals surface area contributed by atoms with E-state index in [9.17, 15) is 4.55 Å². The number of benzene rings is 2. The number of rotatable bonds is 5. The van der Waals surface area contributed by atoms with Crippen LogP contribution in [-0.2, 0) is 18.0 Å². The van der Waals surface area contributed by atoms with Crippen LogP contribution in [0, 0.1) is 0 Å². The molecule has 0 saturated heterocycles. The van der Waals surface area contributed by atoms with E-state index in [1.54, 1.807) is 0 Å². The van der Waals surface area contributed by atoms with Crippen molar-refractivity contribution in [2.75, 3.05) is 0 Å². The molecule has 0 amide bonds. The topological polar surface area (TPSA) is 44.7 Å². The molecular formula is C19H23NO2S. The van der Waals surface area contributed by atoms with Crippen LogP contribution in [0.5, 0.6) is 5.75 Å². The molecule has 3 nitrogen and oxygen atoms in total. The first-order chi connectivity index (χ1) is 10.9. The summed E-state index contributed by atoms with van der Waals surface area (Å²) in [6, 6.07) is 17.8. The van der Waals surface area contributed by atoms with Gasteiger partial charge in [-0.05, 0) is 45.4 Å². The molecule has 2 rings (SSSR count). The van der Waals surface area contributed by atoms with Crippen molar-refractivity contribution in [1.29, 1.82) is 0 Å². The Bertz CT molecular complexity index is 663. The van der Waals surface area contributed by atoms with Gasteiger partial charge in [-0.15, -0.1) is 0 Å². The van der Waals surface area contributed by atoms with Crippen molar-refractivity contribution < 1.29 is 9.29 Å². The Kier molecular flexibility index (Phi) is 5.85. The second-order valence-corrected chi connectivity index (χ2v) is 8.25. The van der Waals surface area contributed by atoms with Crippen molar-refractivity contribution in [2.45, 2.75) is 39.0 Å². The molecule has 0 unspecified atom stereocenters. The molecule has 0 aliphatic carbocycles. The zero-order valence-corrected chi connectivity index (χ0v) is 14.9. The van der Waals surface area contributed by atoms with Crippen molar-refractivity contribution in [3.63, 3.8) is 0 Å². The van der Waals surface area contributed by atoms with Gasteiger partial charge >= 0.3 is 0 Å². The smallest absolute Gasteiger partial charge is 0.144 e. The zero-order valence-electron chi connectivity index (χ0n) is 14.1. The minimum atomic E-state index is -1.26. The van der Waals surface area contributed by atoms with E-state index in [1.165, 1.54) is 0 Å². The van der Waals surface area contributed by atoms with E-state index in [0.717, 1.165) is 22.6 Å². The van der Waals surface area contributed by atoms with Crippen LogP contribution in [-0.4, -0.2) is 15.0 Å². The van der Waals surface area contributed by atoms with Crippen molar-refractivity contribution in [1.82, 2.24) is 0 Å². The molecule has 2 aromatic carbocycles. The largest absolute Gasteiger partial charge is 0.591 e. The third-order valence-electron chi connectivity index (χ3n) is 3.24. The van der Waals surface area contributed by atoms with Crippen LogP contribution >= 0.6 is 0 Å². The Morgan fingerprint density at radius 1 is 1.09 bits per heavy atom. The van der Waals surface area contributed by atoms with E-state index in [-0.39, 0.29) is 4.75 Å². The lowest BCUT2D eigenvalue weighted by atomic mass is 10.1. The van der Waals surface area contributed by atoms with Crippen LogP contribution in [0.25, 0.3) is 0 Å². The van der Waals surface area contributed by atoms with E-state index >= 15 is 0 Å². The van der Waals surface area contributed by atoms with Crippen molar-refractivity contribution in [3.05, 3.63) is 65.7 Å². The molecule has 0 aromatic heterocycles. The lowest BCUT2D eigenvalue weighted by Gasteiger charge is -2.18. The highest BCUT2D eigenvalue weighted by Crippen LogP contribution is 2.20. The predicted octanol–water partition coefficient (Wildman–Crippen LogP) is 4.54. The van der Waals surface area contributed by atoms with Gasteiger partial charge in [0.15, 0.2) is 0 Å². The number of ether oxygens (including phenoxy) is 1. The van der Waals surface area contributed by atoms with Gasteiger partial charge in [-0.25, -0.2) is 0 Å². The number of hydrogen-bond donors (Lipinski definition) is 0. The minimum absolute atomic E-state index is 0.358. The summed E-state index contributed by atoms with van der Waals surface area (Å²) in [5.41, 5.74) is 2.80. The van der Waals surface area contributed by atoms with Crippen LogP contribution in [0.1, 0.15) is 38.8 Å². The fourth-order valence-corrected chi connectivity index (χ4v) is 2.49. The van der Waals surface area contributed by atoms with Gasteiger partial charge in [0.25, 0.3) is 0 Å². The summed E-state index contributed by atoms with van der Waals surface area (Å²) in [7, 11) is 0. The third kappa shape index (κ3) is 5.41. The van der Waals surface area contributed by atoms with E-state index in [0.29, 0.717) is 6.61 Å². The first-order valence-corrected chi connectivity index (χ1v) is 8.71. The maximum atomic E-state index is 12.1. The zero-order chi connectivity index (χ0) is 16.9. The lowest BCUT2D eigenvalue weighted by Crippen LogP contribution is -2.26. The average Bonchev–Trinajstić information content (AvgIpc) is 2.53. The van der Waals surface area contributed by atoms with Crippen LogP contribution in [0.15, 0.2) is 59.0 Å². The summed E-state index contributed by atoms with van der Waals surface area (Å²) >= 11 is -1.26. The predicted molar refractivity (Wildman–Crippen MR) is 97.3 cm³/mol. The van der Waals surface area contributed by atoms with Gasteiger partial charge in [0, 0.05) is 5.56 Å². The standard InChI is InChI=1S/C19H23NO2S/c1-15(20-23(21)19(2,3)4)17-11-8-12-18(13-17)22-14-16-9-6-5-7-10-16/h5-13H,14H2,1-4H3/t23-/m1/s1. The minimum Gasteiger partial charge on any atom is -0.591 e. The summed E-state index contributed by atoms with van der Waals surface area (Å²) in [6.07, 6.45) is 0. The van der Waals surface area contributed by atoms with Gasteiger partial charge in [0.1, 0.15) is 28.5 Å². The first kappa shape index (κ1) is 17.6. The Hall–Kier alpha value is -1.78. The van der Waals surface area contributed by atoms with Crippen molar-refractivity contribution in [3.8, 4) is 5.75 Å². The summed E-state index contributed by atoms with van der Waals surface area (Å²) < 4.78 is 21.9. The molecular weight excluding hydrogens is 306 g/mol. The molecule has 1 atom stereocenters. The quantitative estimate of drug-likeness (QED) is 0.597. The summed E-state index contributed by atoms with van der Waals surface area (Å²) in [5, 5.41) is 0. The molecule has 0 saturated carbocycles. The highest BCUT2D eigenvalue weighted by atomic mass is 32.2. The SMILES string of the molecule is CC(=N[S@+]([O-])C(C)(C)C)c1cccc(OCc2ccccc2)c1. The Morgan fingerprint density at radius 3 is 2.43 bits per heavy atom. The van der Waals surface area contributed by atoms with Gasteiger partial charge in [0.2, 0.25) is 0 Å². The normalized spacial score (nSPS) is 13.7. The molecule has 23 heavy (non-hydrogen) atoms. The molecule has 122 valence electrons. The monoisotopic (exact) mass is 329 g/mol. The molecule has 4 heteroatoms. The van der Waals surface area contributed by atoms with Gasteiger partial charge in [0.05, 0.1) is 5.71 Å². The Balaban J connectivity index is 2.09. The van der Waals surface area contributed by atoms with Crippen molar-refractivity contribution >= 4 is 17.1 Å². The summed E-state index contributed by atoms with van der Waals surface area (Å²) in [6.45, 7) is 8.15. The van der Waals surface area contributed by atoms with Gasteiger partial charge < -0.3 is 9.29 Å². The summed E-state index contributed by atoms with van der Waals surface area (Å²) in [4.78, 5) is 0. The van der Waals surface area contributed by atoms with Crippen LogP contribution < -0.4 is 4.74 Å². The van der Waals surface area contributed by atoms with E-state index < -0.39 is 11.4 Å². The van der Waals surface area contributed by atoms with Gasteiger partial charge in [-0.2, -0.15) is 0 Å². The molecule has 0 bridgehead atoms. The maximum absolute atomic E-state index is 12.1. The molecule has 0 fully saturated rings. The highest BCUT2D eigenvalue weighted by Gasteiger charge is 2.26. The molecule has 0 N–H and O–H groups in total. The van der Waals surface area contributed by atoms with Crippen molar-refractivity contribution in [2.24, 2.45) is 4.40 Å². The third-order valence-corrected chi connectivity index (χ3v) is 4.73.